The second-order valence-corrected chi connectivity index (χ2v) is 6.91. The molecule has 1 fully saturated rings. The Hall–Kier alpha value is -2.24. The first-order valence-corrected chi connectivity index (χ1v) is 8.46. The van der Waals surface area contributed by atoms with E-state index in [1.807, 2.05) is 43.3 Å². The first-order chi connectivity index (χ1) is 11.5. The zero-order chi connectivity index (χ0) is 17.3. The van der Waals surface area contributed by atoms with E-state index in [4.69, 9.17) is 11.6 Å². The predicted octanol–water partition coefficient (Wildman–Crippen LogP) is 4.65. The van der Waals surface area contributed by atoms with Crippen molar-refractivity contribution in [2.75, 3.05) is 23.9 Å². The number of nitrogens with zero attached hydrogens (tertiary/aromatic N) is 2. The molecule has 0 N–H and O–H groups in total. The van der Waals surface area contributed by atoms with E-state index in [-0.39, 0.29) is 11.1 Å². The minimum Gasteiger partial charge on any atom is -0.378 e. The van der Waals surface area contributed by atoms with E-state index in [0.717, 1.165) is 23.0 Å². The van der Waals surface area contributed by atoms with Gasteiger partial charge in [-0.15, -0.1) is 0 Å². The topological polar surface area (TPSA) is 40.6 Å². The highest BCUT2D eigenvalue weighted by Gasteiger charge is 2.36. The maximum Gasteiger partial charge on any atom is 0.298 e. The van der Waals surface area contributed by atoms with Crippen LogP contribution in [0.2, 0.25) is 5.02 Å². The van der Waals surface area contributed by atoms with Crippen molar-refractivity contribution < 1.29 is 9.59 Å². The second-order valence-electron chi connectivity index (χ2n) is 5.48. The summed E-state index contributed by atoms with van der Waals surface area (Å²) in [6, 6.07) is 14.4. The van der Waals surface area contributed by atoms with E-state index in [1.54, 1.807) is 30.3 Å². The molecular weight excluding hydrogens is 344 g/mol. The molecule has 1 aliphatic heterocycles. The highest BCUT2D eigenvalue weighted by Crippen LogP contribution is 2.36. The van der Waals surface area contributed by atoms with Crippen LogP contribution in [0.1, 0.15) is 5.56 Å². The van der Waals surface area contributed by atoms with Gasteiger partial charge in [0.25, 0.3) is 11.1 Å². The van der Waals surface area contributed by atoms with Crippen LogP contribution in [0.3, 0.4) is 0 Å². The maximum atomic E-state index is 12.6. The van der Waals surface area contributed by atoms with Gasteiger partial charge < -0.3 is 4.90 Å². The average molecular weight is 359 g/mol. The van der Waals surface area contributed by atoms with E-state index < -0.39 is 0 Å². The number of imide groups is 1. The summed E-state index contributed by atoms with van der Waals surface area (Å²) in [7, 11) is 3.93. The van der Waals surface area contributed by atoms with Crippen molar-refractivity contribution in [1.29, 1.82) is 0 Å². The molecule has 0 radical (unpaired) electrons. The Morgan fingerprint density at radius 3 is 2.21 bits per heavy atom. The number of halogens is 1. The smallest absolute Gasteiger partial charge is 0.298 e. The molecule has 2 aromatic carbocycles. The summed E-state index contributed by atoms with van der Waals surface area (Å²) < 4.78 is 0. The summed E-state index contributed by atoms with van der Waals surface area (Å²) in [5.74, 6) is -0.316. The summed E-state index contributed by atoms with van der Waals surface area (Å²) in [4.78, 5) is 28.3. The third-order valence-corrected chi connectivity index (χ3v) is 4.71. The quantitative estimate of drug-likeness (QED) is 0.749. The molecule has 0 bridgehead atoms. The lowest BCUT2D eigenvalue weighted by atomic mass is 10.2. The second kappa shape index (κ2) is 6.71. The Labute approximate surface area is 149 Å². The fourth-order valence-electron chi connectivity index (χ4n) is 2.30. The van der Waals surface area contributed by atoms with Gasteiger partial charge in [0.2, 0.25) is 0 Å². The molecule has 1 aliphatic rings. The minimum absolute atomic E-state index is 0.307. The van der Waals surface area contributed by atoms with Crippen LogP contribution in [0.25, 0.3) is 6.08 Å². The monoisotopic (exact) mass is 358 g/mol. The van der Waals surface area contributed by atoms with Crippen molar-refractivity contribution in [3.63, 3.8) is 0 Å². The van der Waals surface area contributed by atoms with Crippen LogP contribution in [0.5, 0.6) is 0 Å². The molecule has 0 spiro atoms. The SMILES string of the molecule is CN(C)c1ccc(/C=C2\SC(=O)N(c3ccc(Cl)cc3)C2=O)cc1. The van der Waals surface area contributed by atoms with Crippen LogP contribution in [-0.4, -0.2) is 25.2 Å². The molecule has 1 saturated heterocycles. The van der Waals surface area contributed by atoms with Crippen molar-refractivity contribution in [3.05, 3.63) is 64.0 Å². The molecule has 122 valence electrons. The van der Waals surface area contributed by atoms with Crippen molar-refractivity contribution in [1.82, 2.24) is 0 Å². The number of amides is 2. The number of thioether (sulfide) groups is 1. The van der Waals surface area contributed by atoms with Gasteiger partial charge in [-0.1, -0.05) is 23.7 Å². The van der Waals surface area contributed by atoms with Crippen LogP contribution < -0.4 is 9.80 Å². The zero-order valence-corrected chi connectivity index (χ0v) is 14.8. The summed E-state index contributed by atoms with van der Waals surface area (Å²) in [6.45, 7) is 0. The molecule has 4 nitrogen and oxygen atoms in total. The number of benzene rings is 2. The number of anilines is 2. The largest absolute Gasteiger partial charge is 0.378 e. The lowest BCUT2D eigenvalue weighted by Crippen LogP contribution is -2.27. The summed E-state index contributed by atoms with van der Waals surface area (Å²) in [5.41, 5.74) is 2.47. The van der Waals surface area contributed by atoms with E-state index >= 15 is 0 Å². The Balaban J connectivity index is 1.86. The standard InChI is InChI=1S/C18H15ClN2O2S/c1-20(2)14-7-3-12(4-8-14)11-16-17(22)21(18(23)24-16)15-9-5-13(19)6-10-15/h3-11H,1-2H3/b16-11-. The Morgan fingerprint density at radius 2 is 1.62 bits per heavy atom. The molecule has 0 unspecified atom stereocenters. The van der Waals surface area contributed by atoms with E-state index in [9.17, 15) is 9.59 Å². The number of hydrogen-bond donors (Lipinski definition) is 0. The van der Waals surface area contributed by atoms with E-state index in [1.165, 1.54) is 4.90 Å². The maximum absolute atomic E-state index is 12.6. The van der Waals surface area contributed by atoms with Gasteiger partial charge in [0.1, 0.15) is 0 Å². The van der Waals surface area contributed by atoms with Gasteiger partial charge in [-0.2, -0.15) is 0 Å². The molecule has 6 heteroatoms. The highest BCUT2D eigenvalue weighted by molar-refractivity contribution is 8.19. The molecule has 0 aliphatic carbocycles. The van der Waals surface area contributed by atoms with Gasteiger partial charge in [0, 0.05) is 24.8 Å². The number of hydrogen-bond acceptors (Lipinski definition) is 4. The molecule has 0 aromatic heterocycles. The summed E-state index contributed by atoms with van der Waals surface area (Å²) in [5, 5.41) is 0.251. The third-order valence-electron chi connectivity index (χ3n) is 3.59. The van der Waals surface area contributed by atoms with Gasteiger partial charge in [-0.3, -0.25) is 9.59 Å². The molecule has 1 heterocycles. The molecule has 0 saturated carbocycles. The van der Waals surface area contributed by atoms with Gasteiger partial charge in [0.05, 0.1) is 10.6 Å². The summed E-state index contributed by atoms with van der Waals surface area (Å²) in [6.07, 6.45) is 1.74. The molecular formula is C18H15ClN2O2S. The summed E-state index contributed by atoms with van der Waals surface area (Å²) >= 11 is 6.79. The molecule has 0 atom stereocenters. The van der Waals surface area contributed by atoms with E-state index in [0.29, 0.717) is 15.6 Å². The van der Waals surface area contributed by atoms with Crippen molar-refractivity contribution in [2.24, 2.45) is 0 Å². The van der Waals surface area contributed by atoms with Crippen LogP contribution in [0.4, 0.5) is 16.2 Å². The van der Waals surface area contributed by atoms with Gasteiger partial charge >= 0.3 is 0 Å². The minimum atomic E-state index is -0.316. The van der Waals surface area contributed by atoms with Gasteiger partial charge in [0.15, 0.2) is 0 Å². The molecule has 24 heavy (non-hydrogen) atoms. The molecule has 2 aromatic rings. The lowest BCUT2D eigenvalue weighted by molar-refractivity contribution is -0.113. The Bertz CT molecular complexity index is 814. The van der Waals surface area contributed by atoms with Crippen LogP contribution in [0, 0.1) is 0 Å². The number of rotatable bonds is 3. The van der Waals surface area contributed by atoms with Crippen molar-refractivity contribution >= 4 is 52.0 Å². The van der Waals surface area contributed by atoms with Crippen molar-refractivity contribution in [2.45, 2.75) is 0 Å². The van der Waals surface area contributed by atoms with Crippen LogP contribution >= 0.6 is 23.4 Å². The zero-order valence-electron chi connectivity index (χ0n) is 13.2. The van der Waals surface area contributed by atoms with Crippen LogP contribution in [0.15, 0.2) is 53.4 Å². The fraction of sp³-hybridized carbons (Fsp3) is 0.111. The average Bonchev–Trinajstić information content (AvgIpc) is 2.83. The normalized spacial score (nSPS) is 16.1. The lowest BCUT2D eigenvalue weighted by Gasteiger charge is -2.12. The highest BCUT2D eigenvalue weighted by atomic mass is 35.5. The van der Waals surface area contributed by atoms with Gasteiger partial charge in [-0.05, 0) is 59.8 Å². The fourth-order valence-corrected chi connectivity index (χ4v) is 3.27. The van der Waals surface area contributed by atoms with Crippen molar-refractivity contribution in [3.8, 4) is 0 Å². The number of carbonyl (C=O) groups is 2. The van der Waals surface area contributed by atoms with E-state index in [2.05, 4.69) is 0 Å². The molecule has 3 rings (SSSR count). The van der Waals surface area contributed by atoms with Crippen LogP contribution in [-0.2, 0) is 4.79 Å². The molecule has 2 amide bonds. The van der Waals surface area contributed by atoms with Gasteiger partial charge in [-0.25, -0.2) is 4.90 Å². The number of carbonyl (C=O) groups excluding carboxylic acids is 2. The Kier molecular flexibility index (Phi) is 4.64. The third kappa shape index (κ3) is 3.32. The first kappa shape index (κ1) is 16.6. The first-order valence-electron chi connectivity index (χ1n) is 7.26. The predicted molar refractivity (Wildman–Crippen MR) is 101 cm³/mol. The Morgan fingerprint density at radius 1 is 1.00 bits per heavy atom.